The number of benzene rings is 1. The van der Waals surface area contributed by atoms with Crippen molar-refractivity contribution in [2.75, 3.05) is 20.0 Å². The molecule has 0 spiro atoms. The van der Waals surface area contributed by atoms with Crippen molar-refractivity contribution < 1.29 is 9.47 Å². The molecule has 0 aliphatic heterocycles. The van der Waals surface area contributed by atoms with Crippen molar-refractivity contribution in [3.8, 4) is 22.6 Å². The van der Waals surface area contributed by atoms with E-state index in [1.807, 2.05) is 25.1 Å². The van der Waals surface area contributed by atoms with Gasteiger partial charge in [0, 0.05) is 10.4 Å². The fraction of sp³-hybridized carbons (Fsp3) is 0.231. The van der Waals surface area contributed by atoms with Crippen molar-refractivity contribution in [3.63, 3.8) is 0 Å². The summed E-state index contributed by atoms with van der Waals surface area (Å²) >= 11 is 1.59. The van der Waals surface area contributed by atoms with E-state index in [9.17, 15) is 0 Å². The molecule has 90 valence electrons. The molecule has 17 heavy (non-hydrogen) atoms. The van der Waals surface area contributed by atoms with Gasteiger partial charge in [0.2, 0.25) is 0 Å². The molecule has 4 heteroatoms. The Balaban J connectivity index is 2.50. The van der Waals surface area contributed by atoms with E-state index in [0.29, 0.717) is 5.75 Å². The summed E-state index contributed by atoms with van der Waals surface area (Å²) in [5, 5.41) is 0.828. The predicted molar refractivity (Wildman–Crippen MR) is 72.0 cm³/mol. The number of nitrogens with two attached hydrogens (primary N) is 1. The topological polar surface area (TPSA) is 44.5 Å². The molecule has 0 saturated carbocycles. The molecule has 2 rings (SSSR count). The van der Waals surface area contributed by atoms with Crippen LogP contribution < -0.4 is 15.2 Å². The summed E-state index contributed by atoms with van der Waals surface area (Å²) in [5.74, 6) is 1.44. The van der Waals surface area contributed by atoms with Crippen LogP contribution in [-0.2, 0) is 0 Å². The normalized spacial score (nSPS) is 10.3. The predicted octanol–water partition coefficient (Wildman–Crippen LogP) is 3.32. The van der Waals surface area contributed by atoms with E-state index >= 15 is 0 Å². The van der Waals surface area contributed by atoms with Gasteiger partial charge in [0.1, 0.15) is 0 Å². The molecule has 1 aromatic heterocycles. The van der Waals surface area contributed by atoms with Crippen molar-refractivity contribution >= 4 is 16.3 Å². The quantitative estimate of drug-likeness (QED) is 0.907. The zero-order valence-electron chi connectivity index (χ0n) is 10.1. The van der Waals surface area contributed by atoms with Gasteiger partial charge in [-0.2, -0.15) is 0 Å². The number of hydrogen-bond acceptors (Lipinski definition) is 4. The van der Waals surface area contributed by atoms with Crippen molar-refractivity contribution in [2.45, 2.75) is 6.92 Å². The second kappa shape index (κ2) is 4.67. The van der Waals surface area contributed by atoms with E-state index in [-0.39, 0.29) is 0 Å². The molecule has 0 atom stereocenters. The van der Waals surface area contributed by atoms with Crippen LogP contribution in [0.15, 0.2) is 24.3 Å². The Hall–Kier alpha value is -1.68. The van der Waals surface area contributed by atoms with Crippen molar-refractivity contribution in [1.29, 1.82) is 0 Å². The van der Waals surface area contributed by atoms with Gasteiger partial charge < -0.3 is 15.2 Å². The first kappa shape index (κ1) is 11.8. The summed E-state index contributed by atoms with van der Waals surface area (Å²) in [7, 11) is 3.25. The third-order valence-electron chi connectivity index (χ3n) is 2.58. The van der Waals surface area contributed by atoms with E-state index in [2.05, 4.69) is 6.07 Å². The number of methoxy groups -OCH3 is 2. The largest absolute Gasteiger partial charge is 0.493 e. The van der Waals surface area contributed by atoms with Gasteiger partial charge in [-0.3, -0.25) is 0 Å². The number of ether oxygens (including phenoxy) is 2. The van der Waals surface area contributed by atoms with Gasteiger partial charge in [0.05, 0.1) is 19.2 Å². The van der Waals surface area contributed by atoms with Crippen molar-refractivity contribution in [3.05, 3.63) is 29.1 Å². The Morgan fingerprint density at radius 3 is 2.29 bits per heavy atom. The molecule has 0 fully saturated rings. The van der Waals surface area contributed by atoms with Crippen LogP contribution in [0.4, 0.5) is 5.00 Å². The lowest BCUT2D eigenvalue weighted by molar-refractivity contribution is 0.355. The average Bonchev–Trinajstić information content (AvgIpc) is 2.67. The second-order valence-corrected chi connectivity index (χ2v) is 4.99. The molecule has 2 N–H and O–H groups in total. The van der Waals surface area contributed by atoms with Crippen LogP contribution >= 0.6 is 11.3 Å². The van der Waals surface area contributed by atoms with Crippen LogP contribution in [0.5, 0.6) is 11.5 Å². The Morgan fingerprint density at radius 1 is 1.06 bits per heavy atom. The van der Waals surface area contributed by atoms with Crippen LogP contribution in [0.3, 0.4) is 0 Å². The maximum absolute atomic E-state index is 5.98. The fourth-order valence-electron chi connectivity index (χ4n) is 1.76. The third kappa shape index (κ3) is 2.22. The zero-order chi connectivity index (χ0) is 12.4. The molecule has 0 aliphatic rings. The highest BCUT2D eigenvalue weighted by Gasteiger charge is 2.10. The second-order valence-electron chi connectivity index (χ2n) is 3.70. The van der Waals surface area contributed by atoms with Gasteiger partial charge in [0.15, 0.2) is 11.5 Å². The number of nitrogen functional groups attached to an aromatic ring is 1. The van der Waals surface area contributed by atoms with E-state index in [1.165, 1.54) is 4.88 Å². The molecular formula is C13H15NO2S. The maximum atomic E-state index is 5.98. The summed E-state index contributed by atoms with van der Waals surface area (Å²) in [4.78, 5) is 1.20. The van der Waals surface area contributed by atoms with Crippen LogP contribution in [0, 0.1) is 6.92 Å². The lowest BCUT2D eigenvalue weighted by atomic mass is 10.1. The zero-order valence-corrected chi connectivity index (χ0v) is 10.9. The van der Waals surface area contributed by atoms with Gasteiger partial charge in [-0.1, -0.05) is 6.07 Å². The van der Waals surface area contributed by atoms with Crippen LogP contribution in [0.25, 0.3) is 11.1 Å². The van der Waals surface area contributed by atoms with Gasteiger partial charge in [-0.15, -0.1) is 11.3 Å². The minimum absolute atomic E-state index is 0.716. The highest BCUT2D eigenvalue weighted by atomic mass is 32.1. The van der Waals surface area contributed by atoms with Crippen LogP contribution in [0.2, 0.25) is 0 Å². The van der Waals surface area contributed by atoms with E-state index in [0.717, 1.165) is 21.9 Å². The Bertz CT molecular complexity index is 534. The summed E-state index contributed by atoms with van der Waals surface area (Å²) < 4.78 is 10.5. The molecule has 0 saturated heterocycles. The maximum Gasteiger partial charge on any atom is 0.161 e. The minimum Gasteiger partial charge on any atom is -0.493 e. The number of rotatable bonds is 3. The first-order valence-electron chi connectivity index (χ1n) is 5.24. The van der Waals surface area contributed by atoms with Crippen molar-refractivity contribution in [2.24, 2.45) is 0 Å². The molecule has 2 aromatic rings. The van der Waals surface area contributed by atoms with Crippen LogP contribution in [-0.4, -0.2) is 14.2 Å². The van der Waals surface area contributed by atoms with E-state index < -0.39 is 0 Å². The summed E-state index contributed by atoms with van der Waals surface area (Å²) in [6.45, 7) is 2.05. The molecule has 0 aliphatic carbocycles. The van der Waals surface area contributed by atoms with Gasteiger partial charge in [0.25, 0.3) is 0 Å². The van der Waals surface area contributed by atoms with E-state index in [4.69, 9.17) is 15.2 Å². The summed E-state index contributed by atoms with van der Waals surface area (Å²) in [6.07, 6.45) is 0. The molecule has 0 radical (unpaired) electrons. The lowest BCUT2D eigenvalue weighted by Gasteiger charge is -2.09. The number of thiophene rings is 1. The first-order chi connectivity index (χ1) is 8.15. The Kier molecular flexibility index (Phi) is 3.24. The first-order valence-corrected chi connectivity index (χ1v) is 6.05. The Labute approximate surface area is 105 Å². The standard InChI is InChI=1S/C13H15NO2S/c1-8-6-10(13(14)17-8)9-4-5-11(15-2)12(7-9)16-3/h4-7H,14H2,1-3H3. The SMILES string of the molecule is COc1ccc(-c2cc(C)sc2N)cc1OC. The molecular weight excluding hydrogens is 234 g/mol. The molecule has 3 nitrogen and oxygen atoms in total. The Morgan fingerprint density at radius 2 is 1.76 bits per heavy atom. The molecule has 1 heterocycles. The highest BCUT2D eigenvalue weighted by Crippen LogP contribution is 2.37. The van der Waals surface area contributed by atoms with Gasteiger partial charge in [-0.25, -0.2) is 0 Å². The number of anilines is 1. The van der Waals surface area contributed by atoms with Gasteiger partial charge >= 0.3 is 0 Å². The molecule has 0 bridgehead atoms. The summed E-state index contributed by atoms with van der Waals surface area (Å²) in [6, 6.07) is 7.90. The average molecular weight is 249 g/mol. The highest BCUT2D eigenvalue weighted by molar-refractivity contribution is 7.16. The lowest BCUT2D eigenvalue weighted by Crippen LogP contribution is -1.91. The molecule has 0 amide bonds. The summed E-state index contributed by atoms with van der Waals surface area (Å²) in [5.41, 5.74) is 8.08. The fourth-order valence-corrected chi connectivity index (χ4v) is 2.57. The van der Waals surface area contributed by atoms with Crippen molar-refractivity contribution in [1.82, 2.24) is 0 Å². The molecule has 0 unspecified atom stereocenters. The minimum atomic E-state index is 0.716. The monoisotopic (exact) mass is 249 g/mol. The van der Waals surface area contributed by atoms with Gasteiger partial charge in [-0.05, 0) is 30.7 Å². The smallest absolute Gasteiger partial charge is 0.161 e. The number of hydrogen-bond donors (Lipinski definition) is 1. The third-order valence-corrected chi connectivity index (χ3v) is 3.46. The molecule has 1 aromatic carbocycles. The van der Waals surface area contributed by atoms with E-state index in [1.54, 1.807) is 25.6 Å². The van der Waals surface area contributed by atoms with Crippen LogP contribution in [0.1, 0.15) is 4.88 Å². The number of aryl methyl sites for hydroxylation is 1.